The van der Waals surface area contributed by atoms with Gasteiger partial charge in [0.05, 0.1) is 29.4 Å². The van der Waals surface area contributed by atoms with Gasteiger partial charge < -0.3 is 16.3 Å². The van der Waals surface area contributed by atoms with Gasteiger partial charge in [0.15, 0.2) is 5.82 Å². The lowest BCUT2D eigenvalue weighted by molar-refractivity contribution is 0.285. The zero-order chi connectivity index (χ0) is 19.5. The number of nitrogen functional groups attached to an aromatic ring is 1. The molecule has 0 atom stereocenters. The van der Waals surface area contributed by atoms with E-state index in [2.05, 4.69) is 23.6 Å². The molecular weight excluding hydrogens is 370 g/mol. The van der Waals surface area contributed by atoms with Gasteiger partial charge in [0.2, 0.25) is 0 Å². The second kappa shape index (κ2) is 7.85. The fourth-order valence-corrected chi connectivity index (χ4v) is 3.84. The first kappa shape index (κ1) is 18.2. The van der Waals surface area contributed by atoms with Crippen LogP contribution in [-0.4, -0.2) is 10.1 Å². The highest BCUT2D eigenvalue weighted by Gasteiger charge is 2.21. The number of aliphatic hydroxyl groups is 1. The molecule has 0 saturated heterocycles. The summed E-state index contributed by atoms with van der Waals surface area (Å²) in [4.78, 5) is 6.77. The molecule has 28 heavy (non-hydrogen) atoms. The second-order valence-electron chi connectivity index (χ2n) is 6.37. The van der Waals surface area contributed by atoms with Crippen LogP contribution in [0.1, 0.15) is 16.0 Å². The highest BCUT2D eigenvalue weighted by molar-refractivity contribution is 7.15. The molecule has 1 aromatic carbocycles. The number of pyridine rings is 1. The number of aliphatic hydroxyl groups excluding tert-OH is 1. The average molecular weight is 392 g/mol. The van der Waals surface area contributed by atoms with E-state index in [1.54, 1.807) is 17.4 Å². The summed E-state index contributed by atoms with van der Waals surface area (Å²) in [5.74, 6) is 0.830. The van der Waals surface area contributed by atoms with Gasteiger partial charge in [-0.05, 0) is 47.5 Å². The minimum atomic E-state index is 0.0462. The predicted octanol–water partition coefficient (Wildman–Crippen LogP) is 3.94. The summed E-state index contributed by atoms with van der Waals surface area (Å²) in [7, 11) is 0. The van der Waals surface area contributed by atoms with E-state index in [0.29, 0.717) is 6.54 Å². The minimum absolute atomic E-state index is 0.0462. The second-order valence-corrected chi connectivity index (χ2v) is 7.54. The van der Waals surface area contributed by atoms with Gasteiger partial charge in [0.25, 0.3) is 0 Å². The largest absolute Gasteiger partial charge is 0.398 e. The summed E-state index contributed by atoms with van der Waals surface area (Å²) in [5.41, 5.74) is 17.0. The van der Waals surface area contributed by atoms with Gasteiger partial charge in [-0.25, -0.2) is 4.98 Å². The lowest BCUT2D eigenvalue weighted by atomic mass is 10.1. The van der Waals surface area contributed by atoms with Crippen LogP contribution >= 0.6 is 11.3 Å². The van der Waals surface area contributed by atoms with E-state index in [9.17, 15) is 5.11 Å². The molecule has 142 valence electrons. The number of hydrogen-bond donors (Lipinski definition) is 4. The molecule has 1 aliphatic rings. The molecule has 1 aliphatic heterocycles. The Balaban J connectivity index is 1.60. The maximum atomic E-state index is 9.30. The van der Waals surface area contributed by atoms with Crippen molar-refractivity contribution in [3.63, 3.8) is 0 Å². The molecule has 0 bridgehead atoms. The molecule has 0 saturated carbocycles. The summed E-state index contributed by atoms with van der Waals surface area (Å²) >= 11 is 1.55. The highest BCUT2D eigenvalue weighted by Crippen LogP contribution is 2.34. The number of nitrogens with one attached hydrogen (secondary N) is 2. The first-order valence-electron chi connectivity index (χ1n) is 8.85. The van der Waals surface area contributed by atoms with E-state index >= 15 is 0 Å². The molecule has 7 heteroatoms. The summed E-state index contributed by atoms with van der Waals surface area (Å²) in [6.07, 6.45) is 5.55. The number of thiophene rings is 1. The van der Waals surface area contributed by atoms with E-state index in [1.165, 1.54) is 0 Å². The fraction of sp³-hybridized carbons (Fsp3) is 0.0952. The summed E-state index contributed by atoms with van der Waals surface area (Å²) in [6, 6.07) is 13.9. The standard InChI is InChI=1S/C21H21N5OS/c1-2-3-4-15-11-14(5-7-17(15)22)12-26-21-19(24-25-26)9-8-18(23-21)20-10-6-16(13-27)28-20/h2-11,24-25,27H,1,12-13,22H2. The number of nitrogens with two attached hydrogens (primary N) is 1. The number of aromatic nitrogens is 1. The van der Waals surface area contributed by atoms with Crippen LogP contribution in [0.3, 0.4) is 0 Å². The number of rotatable bonds is 6. The summed E-state index contributed by atoms with van der Waals surface area (Å²) < 4.78 is 0. The third-order valence-electron chi connectivity index (χ3n) is 4.43. The smallest absolute Gasteiger partial charge is 0.170 e. The van der Waals surface area contributed by atoms with Crippen molar-refractivity contribution in [2.24, 2.45) is 0 Å². The number of allylic oxidation sites excluding steroid dienone is 2. The van der Waals surface area contributed by atoms with Crippen LogP contribution in [0.5, 0.6) is 0 Å². The molecule has 5 N–H and O–H groups in total. The summed E-state index contributed by atoms with van der Waals surface area (Å²) in [5, 5.41) is 11.3. The molecule has 0 spiro atoms. The van der Waals surface area contributed by atoms with E-state index < -0.39 is 0 Å². The lowest BCUT2D eigenvalue weighted by Gasteiger charge is -2.18. The Morgan fingerprint density at radius 3 is 2.89 bits per heavy atom. The molecule has 3 aromatic rings. The third kappa shape index (κ3) is 3.63. The van der Waals surface area contributed by atoms with Gasteiger partial charge >= 0.3 is 0 Å². The number of benzene rings is 1. The zero-order valence-corrected chi connectivity index (χ0v) is 16.0. The molecule has 6 nitrogen and oxygen atoms in total. The zero-order valence-electron chi connectivity index (χ0n) is 15.2. The Morgan fingerprint density at radius 2 is 2.11 bits per heavy atom. The Morgan fingerprint density at radius 1 is 1.21 bits per heavy atom. The Kier molecular flexibility index (Phi) is 5.12. The van der Waals surface area contributed by atoms with Crippen LogP contribution in [0.15, 0.2) is 61.2 Å². The quantitative estimate of drug-likeness (QED) is 0.376. The molecule has 0 unspecified atom stereocenters. The van der Waals surface area contributed by atoms with Crippen molar-refractivity contribution in [1.82, 2.24) is 10.5 Å². The molecule has 3 heterocycles. The van der Waals surface area contributed by atoms with Crippen molar-refractivity contribution in [2.45, 2.75) is 13.2 Å². The van der Waals surface area contributed by atoms with Gasteiger partial charge in [-0.3, -0.25) is 5.01 Å². The van der Waals surface area contributed by atoms with Gasteiger partial charge in [0, 0.05) is 10.6 Å². The fourth-order valence-electron chi connectivity index (χ4n) is 3.01. The average Bonchev–Trinajstić information content (AvgIpc) is 3.35. The Labute approximate surface area is 167 Å². The van der Waals surface area contributed by atoms with Crippen molar-refractivity contribution in [3.05, 3.63) is 77.2 Å². The van der Waals surface area contributed by atoms with Crippen molar-refractivity contribution >= 4 is 34.6 Å². The van der Waals surface area contributed by atoms with Crippen LogP contribution in [0.25, 0.3) is 16.6 Å². The molecule has 2 aromatic heterocycles. The number of fused-ring (bicyclic) bond motifs is 1. The number of nitrogens with zero attached hydrogens (tertiary/aromatic N) is 2. The van der Waals surface area contributed by atoms with E-state index in [-0.39, 0.29) is 6.61 Å². The third-order valence-corrected chi connectivity index (χ3v) is 5.52. The van der Waals surface area contributed by atoms with Crippen LogP contribution in [-0.2, 0) is 13.2 Å². The van der Waals surface area contributed by atoms with Crippen LogP contribution in [0, 0.1) is 0 Å². The van der Waals surface area contributed by atoms with Crippen LogP contribution in [0.4, 0.5) is 17.2 Å². The number of hydrogen-bond acceptors (Lipinski definition) is 7. The molecular formula is C21H21N5OS. The maximum Gasteiger partial charge on any atom is 0.170 e. The number of anilines is 3. The van der Waals surface area contributed by atoms with E-state index in [0.717, 1.165) is 43.8 Å². The molecule has 0 amide bonds. The van der Waals surface area contributed by atoms with Crippen LogP contribution in [0.2, 0.25) is 0 Å². The molecule has 0 fully saturated rings. The van der Waals surface area contributed by atoms with Gasteiger partial charge in [-0.1, -0.05) is 30.9 Å². The van der Waals surface area contributed by atoms with Gasteiger partial charge in [-0.2, -0.15) is 0 Å². The van der Waals surface area contributed by atoms with Gasteiger partial charge in [-0.15, -0.1) is 16.9 Å². The van der Waals surface area contributed by atoms with E-state index in [1.807, 2.05) is 53.6 Å². The predicted molar refractivity (Wildman–Crippen MR) is 116 cm³/mol. The SMILES string of the molecule is C=CC=Cc1cc(CN2NNc3ccc(-c4ccc(CO)s4)nc32)ccc1N. The van der Waals surface area contributed by atoms with Gasteiger partial charge in [0.1, 0.15) is 0 Å². The lowest BCUT2D eigenvalue weighted by Crippen LogP contribution is -2.35. The Bertz CT molecular complexity index is 1040. The number of hydrazine groups is 2. The topological polar surface area (TPSA) is 86.4 Å². The maximum absolute atomic E-state index is 9.30. The monoisotopic (exact) mass is 391 g/mol. The molecule has 0 radical (unpaired) electrons. The first-order valence-corrected chi connectivity index (χ1v) is 9.67. The van der Waals surface area contributed by atoms with Crippen molar-refractivity contribution < 1.29 is 5.11 Å². The first-order chi connectivity index (χ1) is 13.7. The normalized spacial score (nSPS) is 13.0. The minimum Gasteiger partial charge on any atom is -0.398 e. The highest BCUT2D eigenvalue weighted by atomic mass is 32.1. The van der Waals surface area contributed by atoms with Crippen molar-refractivity contribution in [3.8, 4) is 10.6 Å². The van der Waals surface area contributed by atoms with E-state index in [4.69, 9.17) is 10.7 Å². The molecule has 0 aliphatic carbocycles. The van der Waals surface area contributed by atoms with Crippen LogP contribution < -0.4 is 21.7 Å². The van der Waals surface area contributed by atoms with Crippen molar-refractivity contribution in [2.75, 3.05) is 16.2 Å². The molecule has 4 rings (SSSR count). The summed E-state index contributed by atoms with van der Waals surface area (Å²) in [6.45, 7) is 4.37. The van der Waals surface area contributed by atoms with Crippen molar-refractivity contribution in [1.29, 1.82) is 0 Å². The Hall–Kier alpha value is -3.13.